The zero-order valence-corrected chi connectivity index (χ0v) is 15.8. The van der Waals surface area contributed by atoms with E-state index in [2.05, 4.69) is 14.7 Å². The first-order valence-corrected chi connectivity index (χ1v) is 9.39. The first-order valence-electron chi connectivity index (χ1n) is 7.15. The average Bonchev–Trinajstić information content (AvgIpc) is 2.62. The summed E-state index contributed by atoms with van der Waals surface area (Å²) >= 11 is 11.8. The highest BCUT2D eigenvalue weighted by Gasteiger charge is 2.23. The average molecular weight is 423 g/mol. The number of sulfonamides is 1. The van der Waals surface area contributed by atoms with Crippen molar-refractivity contribution in [1.29, 1.82) is 0 Å². The second kappa shape index (κ2) is 8.69. The van der Waals surface area contributed by atoms with Crippen LogP contribution in [0.4, 0.5) is 5.82 Å². The van der Waals surface area contributed by atoms with Gasteiger partial charge in [-0.15, -0.1) is 0 Å². The molecule has 0 aliphatic rings. The minimum Gasteiger partial charge on any atom is -0.478 e. The summed E-state index contributed by atoms with van der Waals surface area (Å²) in [6, 6.07) is 3.62. The molecular formula is C14H16Cl2N4O5S. The summed E-state index contributed by atoms with van der Waals surface area (Å²) in [4.78, 5) is 7.70. The van der Waals surface area contributed by atoms with Gasteiger partial charge in [0.2, 0.25) is 11.7 Å². The molecule has 0 saturated carbocycles. The molecule has 1 unspecified atom stereocenters. The minimum absolute atomic E-state index is 0.00245. The Morgan fingerprint density at radius 2 is 2.12 bits per heavy atom. The first-order chi connectivity index (χ1) is 12.3. The van der Waals surface area contributed by atoms with Gasteiger partial charge in [-0.25, -0.2) is 13.4 Å². The first kappa shape index (κ1) is 20.5. The molecule has 0 bridgehead atoms. The summed E-state index contributed by atoms with van der Waals surface area (Å²) in [5, 5.41) is 8.85. The number of halogens is 2. The number of methoxy groups -OCH3 is 1. The molecule has 0 fully saturated rings. The largest absolute Gasteiger partial charge is 0.478 e. The van der Waals surface area contributed by atoms with Crippen LogP contribution in [-0.4, -0.2) is 49.9 Å². The Hall–Kier alpha value is -1.85. The number of rotatable bonds is 8. The van der Waals surface area contributed by atoms with Crippen LogP contribution < -0.4 is 19.9 Å². The van der Waals surface area contributed by atoms with E-state index < -0.39 is 16.1 Å². The highest BCUT2D eigenvalue weighted by Crippen LogP contribution is 2.31. The fourth-order valence-electron chi connectivity index (χ4n) is 1.76. The third-order valence-electron chi connectivity index (χ3n) is 3.03. The van der Waals surface area contributed by atoms with E-state index in [0.29, 0.717) is 0 Å². The fourth-order valence-corrected chi connectivity index (χ4v) is 3.53. The second-order valence-electron chi connectivity index (χ2n) is 4.98. The Bertz CT molecular complexity index is 882. The molecular weight excluding hydrogens is 407 g/mol. The summed E-state index contributed by atoms with van der Waals surface area (Å²) in [5.74, 6) is -0.237. The molecule has 12 heteroatoms. The molecule has 4 N–H and O–H groups in total. The molecule has 142 valence electrons. The topological polar surface area (TPSA) is 137 Å². The van der Waals surface area contributed by atoms with E-state index in [0.717, 1.165) is 0 Å². The van der Waals surface area contributed by atoms with Crippen molar-refractivity contribution in [3.63, 3.8) is 0 Å². The summed E-state index contributed by atoms with van der Waals surface area (Å²) in [7, 11) is -2.80. The molecule has 9 nitrogen and oxygen atoms in total. The van der Waals surface area contributed by atoms with Gasteiger partial charge in [0.05, 0.1) is 36.0 Å². The molecule has 26 heavy (non-hydrogen) atoms. The number of hydrogen-bond donors (Lipinski definition) is 3. The van der Waals surface area contributed by atoms with Gasteiger partial charge in [0.25, 0.3) is 15.9 Å². The van der Waals surface area contributed by atoms with Gasteiger partial charge in [-0.3, -0.25) is 4.72 Å². The highest BCUT2D eigenvalue weighted by molar-refractivity contribution is 7.92. The second-order valence-corrected chi connectivity index (χ2v) is 7.41. The number of nitrogens with zero attached hydrogens (tertiary/aromatic N) is 2. The Labute approximate surface area is 160 Å². The van der Waals surface area contributed by atoms with Crippen molar-refractivity contribution in [3.8, 4) is 11.8 Å². The lowest BCUT2D eigenvalue weighted by molar-refractivity contribution is 0.201. The zero-order valence-electron chi connectivity index (χ0n) is 13.5. The van der Waals surface area contributed by atoms with E-state index in [1.807, 2.05) is 0 Å². The normalized spacial score (nSPS) is 12.5. The number of aliphatic hydroxyl groups excluding tert-OH is 1. The van der Waals surface area contributed by atoms with Crippen LogP contribution in [0.3, 0.4) is 0 Å². The lowest BCUT2D eigenvalue weighted by Gasteiger charge is -2.13. The van der Waals surface area contributed by atoms with Crippen LogP contribution in [0.2, 0.25) is 10.0 Å². The smallest absolute Gasteiger partial charge is 0.264 e. The molecule has 0 aliphatic carbocycles. The third-order valence-corrected chi connectivity index (χ3v) is 5.34. The van der Waals surface area contributed by atoms with Gasteiger partial charge in [0.15, 0.2) is 0 Å². The minimum atomic E-state index is -4.08. The van der Waals surface area contributed by atoms with Crippen LogP contribution in [-0.2, 0) is 10.0 Å². The molecule has 0 saturated heterocycles. The van der Waals surface area contributed by atoms with Crippen molar-refractivity contribution in [2.75, 3.05) is 25.0 Å². The van der Waals surface area contributed by atoms with Crippen molar-refractivity contribution in [2.45, 2.75) is 10.9 Å². The quantitative estimate of drug-likeness (QED) is 0.578. The number of nitrogens with one attached hydrogen (secondary N) is 1. The van der Waals surface area contributed by atoms with Gasteiger partial charge in [0.1, 0.15) is 11.5 Å². The van der Waals surface area contributed by atoms with Gasteiger partial charge in [-0.2, -0.15) is 4.98 Å². The van der Waals surface area contributed by atoms with E-state index in [-0.39, 0.29) is 45.7 Å². The molecule has 0 spiro atoms. The molecule has 0 aliphatic heterocycles. The maximum absolute atomic E-state index is 12.5. The van der Waals surface area contributed by atoms with Crippen molar-refractivity contribution in [3.05, 3.63) is 34.4 Å². The molecule has 1 heterocycles. The maximum atomic E-state index is 12.5. The van der Waals surface area contributed by atoms with Crippen molar-refractivity contribution in [2.24, 2.45) is 5.73 Å². The predicted octanol–water partition coefficient (Wildman–Crippen LogP) is 1.29. The molecule has 0 radical (unpaired) electrons. The van der Waals surface area contributed by atoms with Crippen LogP contribution in [0.15, 0.2) is 29.3 Å². The lowest BCUT2D eigenvalue weighted by Crippen LogP contribution is -2.31. The lowest BCUT2D eigenvalue weighted by atomic mass is 10.4. The van der Waals surface area contributed by atoms with Crippen LogP contribution in [0.25, 0.3) is 0 Å². The number of benzene rings is 1. The van der Waals surface area contributed by atoms with E-state index in [9.17, 15) is 8.42 Å². The van der Waals surface area contributed by atoms with Crippen molar-refractivity contribution < 1.29 is 23.0 Å². The van der Waals surface area contributed by atoms with Crippen LogP contribution in [0, 0.1) is 0 Å². The Morgan fingerprint density at radius 1 is 1.38 bits per heavy atom. The summed E-state index contributed by atoms with van der Waals surface area (Å²) in [5.41, 5.74) is 5.53. The van der Waals surface area contributed by atoms with Gasteiger partial charge in [-0.1, -0.05) is 29.3 Å². The van der Waals surface area contributed by atoms with Gasteiger partial charge >= 0.3 is 0 Å². The van der Waals surface area contributed by atoms with Crippen LogP contribution in [0.5, 0.6) is 11.8 Å². The molecule has 0 amide bonds. The van der Waals surface area contributed by atoms with Gasteiger partial charge in [0, 0.05) is 0 Å². The third kappa shape index (κ3) is 4.86. The van der Waals surface area contributed by atoms with Crippen molar-refractivity contribution in [1.82, 2.24) is 9.97 Å². The highest BCUT2D eigenvalue weighted by atomic mass is 35.5. The summed E-state index contributed by atoms with van der Waals surface area (Å²) in [6.07, 6.45) is 1.18. The van der Waals surface area contributed by atoms with Crippen molar-refractivity contribution >= 4 is 39.0 Å². The number of ether oxygens (including phenoxy) is 2. The fraction of sp³-hybridized carbons (Fsp3) is 0.286. The number of anilines is 1. The standard InChI is InChI=1S/C14H16Cl2N4O5S/c1-24-14-13(18-5-11(19-14)25-7-8(17)6-21)20-26(22,23)10-4-2-3-9(15)12(10)16/h2-5,8,21H,6-7,17H2,1H3,(H,18,20). The number of aliphatic hydroxyl groups is 1. The molecule has 2 aromatic rings. The Kier molecular flexibility index (Phi) is 6.84. The molecule has 1 atom stereocenters. The summed E-state index contributed by atoms with van der Waals surface area (Å²) in [6.45, 7) is -0.264. The predicted molar refractivity (Wildman–Crippen MR) is 96.4 cm³/mol. The Balaban J connectivity index is 2.27. The van der Waals surface area contributed by atoms with Crippen LogP contribution >= 0.6 is 23.2 Å². The monoisotopic (exact) mass is 422 g/mol. The van der Waals surface area contributed by atoms with E-state index in [1.54, 1.807) is 0 Å². The number of nitrogens with two attached hydrogens (primary N) is 1. The molecule has 1 aromatic heterocycles. The summed E-state index contributed by atoms with van der Waals surface area (Å²) < 4.78 is 37.6. The van der Waals surface area contributed by atoms with Gasteiger partial charge in [-0.05, 0) is 12.1 Å². The number of hydrogen-bond acceptors (Lipinski definition) is 8. The zero-order chi connectivity index (χ0) is 19.3. The van der Waals surface area contributed by atoms with Crippen LogP contribution in [0.1, 0.15) is 0 Å². The van der Waals surface area contributed by atoms with Gasteiger partial charge < -0.3 is 20.3 Å². The van der Waals surface area contributed by atoms with E-state index >= 15 is 0 Å². The van der Waals surface area contributed by atoms with E-state index in [1.165, 1.54) is 31.5 Å². The van der Waals surface area contributed by atoms with E-state index in [4.69, 9.17) is 43.5 Å². The number of aromatic nitrogens is 2. The molecule has 2 rings (SSSR count). The maximum Gasteiger partial charge on any atom is 0.264 e. The molecule has 1 aromatic carbocycles. The Morgan fingerprint density at radius 3 is 2.77 bits per heavy atom. The SMILES string of the molecule is COc1nc(OCC(N)CO)cnc1NS(=O)(=O)c1cccc(Cl)c1Cl.